The fraction of sp³-hybridized carbons (Fsp3) is 0.333. The molecule has 1 saturated heterocycles. The molecule has 0 bridgehead atoms. The molecule has 1 fully saturated rings. The van der Waals surface area contributed by atoms with Crippen molar-refractivity contribution in [3.05, 3.63) is 59.1 Å². The number of rotatable bonds is 6. The zero-order valence-electron chi connectivity index (χ0n) is 15.8. The van der Waals surface area contributed by atoms with E-state index in [2.05, 4.69) is 0 Å². The Morgan fingerprint density at radius 3 is 1.96 bits per heavy atom. The van der Waals surface area contributed by atoms with Crippen molar-refractivity contribution < 1.29 is 19.1 Å². The van der Waals surface area contributed by atoms with Crippen molar-refractivity contribution in [3.8, 4) is 11.5 Å². The Labute approximate surface area is 169 Å². The molecule has 0 aromatic heterocycles. The van der Waals surface area contributed by atoms with Crippen LogP contribution in [-0.2, 0) is 4.79 Å². The van der Waals surface area contributed by atoms with Gasteiger partial charge in [0, 0.05) is 36.8 Å². The topological polar surface area (TPSA) is 59.1 Å². The van der Waals surface area contributed by atoms with Gasteiger partial charge in [0.25, 0.3) is 11.8 Å². The normalized spacial score (nSPS) is 13.9. The molecule has 1 aliphatic rings. The minimum atomic E-state index is -0.0903. The van der Waals surface area contributed by atoms with Crippen LogP contribution in [0.5, 0.6) is 11.5 Å². The van der Waals surface area contributed by atoms with Gasteiger partial charge in [0.1, 0.15) is 11.5 Å². The van der Waals surface area contributed by atoms with E-state index in [9.17, 15) is 9.59 Å². The van der Waals surface area contributed by atoms with Gasteiger partial charge in [-0.05, 0) is 55.5 Å². The Kier molecular flexibility index (Phi) is 6.76. The number of hydrogen-bond donors (Lipinski definition) is 0. The number of halogens is 1. The molecule has 0 saturated carbocycles. The molecular formula is C21H23ClN2O4. The molecule has 0 radical (unpaired) electrons. The summed E-state index contributed by atoms with van der Waals surface area (Å²) < 4.78 is 10.9. The minimum Gasteiger partial charge on any atom is -0.494 e. The summed E-state index contributed by atoms with van der Waals surface area (Å²) >= 11 is 5.86. The first-order valence-electron chi connectivity index (χ1n) is 9.25. The molecule has 2 aromatic carbocycles. The van der Waals surface area contributed by atoms with Crippen LogP contribution in [0.4, 0.5) is 0 Å². The largest absolute Gasteiger partial charge is 0.494 e. The summed E-state index contributed by atoms with van der Waals surface area (Å²) in [6.07, 6.45) is 0. The maximum Gasteiger partial charge on any atom is 0.260 e. The van der Waals surface area contributed by atoms with Gasteiger partial charge in [-0.25, -0.2) is 0 Å². The van der Waals surface area contributed by atoms with Crippen molar-refractivity contribution in [3.63, 3.8) is 0 Å². The van der Waals surface area contributed by atoms with Gasteiger partial charge in [0.15, 0.2) is 6.61 Å². The van der Waals surface area contributed by atoms with Crippen LogP contribution >= 0.6 is 11.6 Å². The lowest BCUT2D eigenvalue weighted by Crippen LogP contribution is -2.51. The molecule has 28 heavy (non-hydrogen) atoms. The van der Waals surface area contributed by atoms with Crippen LogP contribution in [0.15, 0.2) is 48.5 Å². The summed E-state index contributed by atoms with van der Waals surface area (Å²) in [6.45, 7) is 4.47. The first-order valence-corrected chi connectivity index (χ1v) is 9.63. The van der Waals surface area contributed by atoms with E-state index in [1.165, 1.54) is 0 Å². The van der Waals surface area contributed by atoms with Crippen LogP contribution in [0.2, 0.25) is 5.02 Å². The lowest BCUT2D eigenvalue weighted by atomic mass is 10.2. The molecule has 1 heterocycles. The van der Waals surface area contributed by atoms with Crippen LogP contribution < -0.4 is 9.47 Å². The summed E-state index contributed by atoms with van der Waals surface area (Å²) in [5, 5.41) is 0.597. The molecule has 0 atom stereocenters. The Hall–Kier alpha value is -2.73. The second-order valence-electron chi connectivity index (χ2n) is 6.37. The van der Waals surface area contributed by atoms with Crippen molar-refractivity contribution in [1.29, 1.82) is 0 Å². The lowest BCUT2D eigenvalue weighted by molar-refractivity contribution is -0.134. The molecule has 3 rings (SSSR count). The van der Waals surface area contributed by atoms with Crippen LogP contribution in [0.3, 0.4) is 0 Å². The fourth-order valence-electron chi connectivity index (χ4n) is 2.97. The summed E-state index contributed by atoms with van der Waals surface area (Å²) in [7, 11) is 0. The second kappa shape index (κ2) is 9.46. The monoisotopic (exact) mass is 402 g/mol. The highest BCUT2D eigenvalue weighted by Gasteiger charge is 2.25. The Bertz CT molecular complexity index is 800. The Morgan fingerprint density at radius 1 is 0.857 bits per heavy atom. The number of hydrogen-bond acceptors (Lipinski definition) is 4. The van der Waals surface area contributed by atoms with Crippen LogP contribution in [0.25, 0.3) is 0 Å². The average molecular weight is 403 g/mol. The standard InChI is InChI=1S/C21H23ClN2O4/c1-2-27-18-7-9-19(10-8-18)28-15-20(25)23-11-13-24(14-12-23)21(26)16-3-5-17(22)6-4-16/h3-10H,2,11-15H2,1H3. The van der Waals surface area contributed by atoms with Crippen LogP contribution in [-0.4, -0.2) is 61.0 Å². The number of piperazine rings is 1. The smallest absolute Gasteiger partial charge is 0.260 e. The van der Waals surface area contributed by atoms with Crippen LogP contribution in [0, 0.1) is 0 Å². The van der Waals surface area contributed by atoms with E-state index in [4.69, 9.17) is 21.1 Å². The van der Waals surface area contributed by atoms with Crippen molar-refractivity contribution in [2.45, 2.75) is 6.92 Å². The van der Waals surface area contributed by atoms with Gasteiger partial charge in [-0.3, -0.25) is 9.59 Å². The quantitative estimate of drug-likeness (QED) is 0.745. The number of benzene rings is 2. The molecule has 2 amide bonds. The Balaban J connectivity index is 1.45. The van der Waals surface area contributed by atoms with E-state index >= 15 is 0 Å². The highest BCUT2D eigenvalue weighted by Crippen LogP contribution is 2.18. The molecule has 7 heteroatoms. The third-order valence-electron chi connectivity index (χ3n) is 4.51. The predicted molar refractivity (Wildman–Crippen MR) is 107 cm³/mol. The fourth-order valence-corrected chi connectivity index (χ4v) is 3.10. The summed E-state index contributed by atoms with van der Waals surface area (Å²) in [6, 6.07) is 14.0. The average Bonchev–Trinajstić information content (AvgIpc) is 2.73. The molecule has 2 aromatic rings. The molecule has 0 aliphatic carbocycles. The maximum absolute atomic E-state index is 12.5. The first kappa shape index (κ1) is 20.0. The number of carbonyl (C=O) groups is 2. The zero-order valence-corrected chi connectivity index (χ0v) is 16.5. The van der Waals surface area contributed by atoms with E-state index in [1.807, 2.05) is 19.1 Å². The lowest BCUT2D eigenvalue weighted by Gasteiger charge is -2.34. The van der Waals surface area contributed by atoms with E-state index in [0.29, 0.717) is 49.1 Å². The SMILES string of the molecule is CCOc1ccc(OCC(=O)N2CCN(C(=O)c3ccc(Cl)cc3)CC2)cc1. The molecular weight excluding hydrogens is 380 g/mol. The molecule has 0 unspecified atom stereocenters. The number of ether oxygens (including phenoxy) is 2. The number of carbonyl (C=O) groups excluding carboxylic acids is 2. The molecule has 6 nitrogen and oxygen atoms in total. The van der Waals surface area contributed by atoms with E-state index in [1.54, 1.807) is 46.2 Å². The highest BCUT2D eigenvalue weighted by molar-refractivity contribution is 6.30. The predicted octanol–water partition coefficient (Wildman–Crippen LogP) is 3.10. The number of nitrogens with zero attached hydrogens (tertiary/aromatic N) is 2. The van der Waals surface area contributed by atoms with Gasteiger partial charge in [-0.1, -0.05) is 11.6 Å². The molecule has 1 aliphatic heterocycles. The van der Waals surface area contributed by atoms with Gasteiger partial charge in [-0.2, -0.15) is 0 Å². The second-order valence-corrected chi connectivity index (χ2v) is 6.81. The van der Waals surface area contributed by atoms with Crippen molar-refractivity contribution in [1.82, 2.24) is 9.80 Å². The zero-order chi connectivity index (χ0) is 19.9. The third-order valence-corrected chi connectivity index (χ3v) is 4.76. The summed E-state index contributed by atoms with van der Waals surface area (Å²) in [5.74, 6) is 1.25. The minimum absolute atomic E-state index is 0.0287. The van der Waals surface area contributed by atoms with Crippen molar-refractivity contribution in [2.75, 3.05) is 39.4 Å². The van der Waals surface area contributed by atoms with Gasteiger partial charge in [0.2, 0.25) is 0 Å². The highest BCUT2D eigenvalue weighted by atomic mass is 35.5. The van der Waals surface area contributed by atoms with Gasteiger partial charge in [-0.15, -0.1) is 0 Å². The number of amides is 2. The van der Waals surface area contributed by atoms with Crippen LogP contribution in [0.1, 0.15) is 17.3 Å². The summed E-state index contributed by atoms with van der Waals surface area (Å²) in [4.78, 5) is 28.4. The third kappa shape index (κ3) is 5.16. The van der Waals surface area contributed by atoms with E-state index in [0.717, 1.165) is 5.75 Å². The molecule has 0 spiro atoms. The van der Waals surface area contributed by atoms with E-state index in [-0.39, 0.29) is 18.4 Å². The van der Waals surface area contributed by atoms with Gasteiger partial charge >= 0.3 is 0 Å². The molecule has 148 valence electrons. The van der Waals surface area contributed by atoms with Crippen molar-refractivity contribution in [2.24, 2.45) is 0 Å². The Morgan fingerprint density at radius 2 is 1.39 bits per heavy atom. The molecule has 0 N–H and O–H groups in total. The van der Waals surface area contributed by atoms with Gasteiger partial charge in [0.05, 0.1) is 6.61 Å². The maximum atomic E-state index is 12.5. The van der Waals surface area contributed by atoms with Crippen molar-refractivity contribution >= 4 is 23.4 Å². The first-order chi connectivity index (χ1) is 13.6. The van der Waals surface area contributed by atoms with Gasteiger partial charge < -0.3 is 19.3 Å². The van der Waals surface area contributed by atoms with E-state index < -0.39 is 0 Å². The summed E-state index contributed by atoms with van der Waals surface area (Å²) in [5.41, 5.74) is 0.600.